The van der Waals surface area contributed by atoms with E-state index >= 15 is 0 Å². The molecule has 2 aromatic heterocycles. The van der Waals surface area contributed by atoms with Gasteiger partial charge in [0, 0.05) is 0 Å². The van der Waals surface area contributed by atoms with Crippen LogP contribution in [0.25, 0.3) is 11.5 Å². The van der Waals surface area contributed by atoms with Crippen LogP contribution in [0.4, 0.5) is 0 Å². The van der Waals surface area contributed by atoms with Gasteiger partial charge >= 0.3 is 0 Å². The Morgan fingerprint density at radius 2 is 1.60 bits per heavy atom. The van der Waals surface area contributed by atoms with E-state index in [1.165, 1.54) is 11.8 Å². The van der Waals surface area contributed by atoms with Crippen molar-refractivity contribution in [1.82, 2.24) is 15.5 Å². The monoisotopic (exact) mass is 419 g/mol. The van der Waals surface area contributed by atoms with E-state index in [9.17, 15) is 4.79 Å². The van der Waals surface area contributed by atoms with Gasteiger partial charge in [0.2, 0.25) is 5.91 Å². The lowest BCUT2D eigenvalue weighted by Crippen LogP contribution is -2.34. The van der Waals surface area contributed by atoms with Gasteiger partial charge in [0.25, 0.3) is 11.1 Å². The number of hydrogen-bond donors (Lipinski definition) is 1. The van der Waals surface area contributed by atoms with Gasteiger partial charge in [-0.2, -0.15) is 0 Å². The highest BCUT2D eigenvalue weighted by molar-refractivity contribution is 8.00. The van der Waals surface area contributed by atoms with Gasteiger partial charge in [0.05, 0.1) is 23.1 Å². The summed E-state index contributed by atoms with van der Waals surface area (Å²) in [7, 11) is 0. The van der Waals surface area contributed by atoms with Crippen molar-refractivity contribution in [3.8, 4) is 11.5 Å². The number of benzene rings is 2. The molecule has 0 aliphatic heterocycles. The molecule has 1 amide bonds. The molecule has 1 atom stereocenters. The first-order valence-corrected chi connectivity index (χ1v) is 10.4. The minimum Gasteiger partial charge on any atom is -0.469 e. The van der Waals surface area contributed by atoms with Crippen molar-refractivity contribution in [2.45, 2.75) is 30.4 Å². The van der Waals surface area contributed by atoms with E-state index < -0.39 is 5.25 Å². The van der Waals surface area contributed by atoms with Crippen molar-refractivity contribution in [2.75, 3.05) is 0 Å². The van der Waals surface area contributed by atoms with Gasteiger partial charge in [-0.25, -0.2) is 0 Å². The lowest BCUT2D eigenvalue weighted by atomic mass is 9.98. The van der Waals surface area contributed by atoms with Crippen LogP contribution >= 0.6 is 11.8 Å². The third-order valence-electron chi connectivity index (χ3n) is 4.69. The third-order valence-corrected chi connectivity index (χ3v) is 5.63. The summed E-state index contributed by atoms with van der Waals surface area (Å²) in [5.41, 5.74) is 2.79. The summed E-state index contributed by atoms with van der Waals surface area (Å²) < 4.78 is 11.0. The average Bonchev–Trinajstić information content (AvgIpc) is 3.41. The Morgan fingerprint density at radius 1 is 0.967 bits per heavy atom. The number of nitrogens with one attached hydrogen (secondary N) is 1. The SMILES string of the molecule is Cc1occc1-c1nnc(S[C@H](C)C(=O)NC(c2ccccc2)c2ccccc2)o1. The lowest BCUT2D eigenvalue weighted by molar-refractivity contribution is -0.120. The Balaban J connectivity index is 1.48. The summed E-state index contributed by atoms with van der Waals surface area (Å²) in [6, 6.07) is 21.3. The minimum absolute atomic E-state index is 0.114. The summed E-state index contributed by atoms with van der Waals surface area (Å²) in [6.07, 6.45) is 1.57. The Labute approximate surface area is 178 Å². The molecule has 2 aromatic carbocycles. The van der Waals surface area contributed by atoms with E-state index in [1.54, 1.807) is 12.3 Å². The zero-order valence-electron chi connectivity index (χ0n) is 16.6. The molecular weight excluding hydrogens is 398 g/mol. The average molecular weight is 420 g/mol. The topological polar surface area (TPSA) is 81.2 Å². The Kier molecular flexibility index (Phi) is 5.99. The van der Waals surface area contributed by atoms with Crippen molar-refractivity contribution < 1.29 is 13.6 Å². The molecule has 4 aromatic rings. The molecule has 0 radical (unpaired) electrons. The molecule has 1 N–H and O–H groups in total. The molecule has 0 unspecified atom stereocenters. The molecule has 152 valence electrons. The number of carbonyl (C=O) groups is 1. The predicted octanol–water partition coefficient (Wildman–Crippen LogP) is 5.02. The highest BCUT2D eigenvalue weighted by atomic mass is 32.2. The van der Waals surface area contributed by atoms with E-state index in [4.69, 9.17) is 8.83 Å². The van der Waals surface area contributed by atoms with Gasteiger partial charge in [0.15, 0.2) is 0 Å². The molecule has 0 bridgehead atoms. The van der Waals surface area contributed by atoms with E-state index in [1.807, 2.05) is 74.5 Å². The normalized spacial score (nSPS) is 12.1. The molecular formula is C23H21N3O3S. The molecule has 0 aliphatic carbocycles. The Bertz CT molecular complexity index is 1070. The van der Waals surface area contributed by atoms with E-state index in [0.29, 0.717) is 16.9 Å². The number of carbonyl (C=O) groups excluding carboxylic acids is 1. The fourth-order valence-electron chi connectivity index (χ4n) is 3.09. The fourth-order valence-corrected chi connectivity index (χ4v) is 3.78. The van der Waals surface area contributed by atoms with Crippen LogP contribution < -0.4 is 5.32 Å². The largest absolute Gasteiger partial charge is 0.469 e. The summed E-state index contributed by atoms with van der Waals surface area (Å²) in [5.74, 6) is 0.967. The first kappa shape index (κ1) is 20.0. The summed E-state index contributed by atoms with van der Waals surface area (Å²) >= 11 is 1.23. The number of nitrogens with zero attached hydrogens (tertiary/aromatic N) is 2. The number of amides is 1. The second-order valence-electron chi connectivity index (χ2n) is 6.79. The second-order valence-corrected chi connectivity index (χ2v) is 8.08. The number of aromatic nitrogens is 2. The van der Waals surface area contributed by atoms with E-state index in [0.717, 1.165) is 16.7 Å². The Morgan fingerprint density at radius 3 is 2.17 bits per heavy atom. The molecule has 0 saturated carbocycles. The first-order chi connectivity index (χ1) is 14.6. The molecule has 0 spiro atoms. The highest BCUT2D eigenvalue weighted by Gasteiger charge is 2.23. The lowest BCUT2D eigenvalue weighted by Gasteiger charge is -2.21. The van der Waals surface area contributed by atoms with Crippen molar-refractivity contribution in [2.24, 2.45) is 0 Å². The van der Waals surface area contributed by atoms with Crippen molar-refractivity contribution >= 4 is 17.7 Å². The van der Waals surface area contributed by atoms with Crippen LogP contribution in [0.15, 0.2) is 87.1 Å². The summed E-state index contributed by atoms with van der Waals surface area (Å²) in [6.45, 7) is 3.65. The molecule has 0 saturated heterocycles. The van der Waals surface area contributed by atoms with Crippen LogP contribution in [0, 0.1) is 6.92 Å². The van der Waals surface area contributed by atoms with Crippen LogP contribution in [-0.4, -0.2) is 21.4 Å². The minimum atomic E-state index is -0.418. The Hall–Kier alpha value is -3.32. The van der Waals surface area contributed by atoms with Gasteiger partial charge < -0.3 is 14.2 Å². The van der Waals surface area contributed by atoms with Crippen LogP contribution in [0.5, 0.6) is 0 Å². The zero-order chi connectivity index (χ0) is 20.9. The molecule has 0 fully saturated rings. The molecule has 4 rings (SSSR count). The number of hydrogen-bond acceptors (Lipinski definition) is 6. The van der Waals surface area contributed by atoms with Gasteiger partial charge in [0.1, 0.15) is 5.76 Å². The van der Waals surface area contributed by atoms with Gasteiger partial charge in [-0.05, 0) is 31.0 Å². The summed E-state index contributed by atoms with van der Waals surface area (Å²) in [5, 5.41) is 11.2. The van der Waals surface area contributed by atoms with Crippen molar-refractivity contribution in [1.29, 1.82) is 0 Å². The molecule has 0 aliphatic rings. The predicted molar refractivity (Wildman–Crippen MR) is 115 cm³/mol. The van der Waals surface area contributed by atoms with Crippen LogP contribution in [0.3, 0.4) is 0 Å². The number of furan rings is 1. The van der Waals surface area contributed by atoms with E-state index in [2.05, 4.69) is 15.5 Å². The molecule has 30 heavy (non-hydrogen) atoms. The maximum Gasteiger partial charge on any atom is 0.277 e. The van der Waals surface area contributed by atoms with Crippen molar-refractivity contribution in [3.63, 3.8) is 0 Å². The molecule has 7 heteroatoms. The van der Waals surface area contributed by atoms with Crippen LogP contribution in [0.2, 0.25) is 0 Å². The van der Waals surface area contributed by atoms with Gasteiger partial charge in [-0.1, -0.05) is 72.4 Å². The standard InChI is InChI=1S/C23H21N3O3S/c1-15-19(13-14-28-15)22-25-26-23(29-22)30-16(2)21(27)24-20(17-9-5-3-6-10-17)18-11-7-4-8-12-18/h3-14,16,20H,1-2H3,(H,24,27)/t16-/m1/s1. The number of thioether (sulfide) groups is 1. The first-order valence-electron chi connectivity index (χ1n) is 9.56. The molecule has 6 nitrogen and oxygen atoms in total. The van der Waals surface area contributed by atoms with Crippen LogP contribution in [0.1, 0.15) is 29.9 Å². The van der Waals surface area contributed by atoms with Gasteiger partial charge in [-0.15, -0.1) is 10.2 Å². The maximum absolute atomic E-state index is 13.0. The van der Waals surface area contributed by atoms with E-state index in [-0.39, 0.29) is 11.9 Å². The smallest absolute Gasteiger partial charge is 0.277 e. The fraction of sp³-hybridized carbons (Fsp3) is 0.174. The second kappa shape index (κ2) is 9.00. The summed E-state index contributed by atoms with van der Waals surface area (Å²) in [4.78, 5) is 13.0. The number of aryl methyl sites for hydroxylation is 1. The third kappa shape index (κ3) is 4.46. The van der Waals surface area contributed by atoms with Gasteiger partial charge in [-0.3, -0.25) is 4.79 Å². The van der Waals surface area contributed by atoms with Crippen molar-refractivity contribution in [3.05, 3.63) is 89.9 Å². The highest BCUT2D eigenvalue weighted by Crippen LogP contribution is 2.29. The van der Waals surface area contributed by atoms with Crippen LogP contribution in [-0.2, 0) is 4.79 Å². The maximum atomic E-state index is 13.0. The quantitative estimate of drug-likeness (QED) is 0.424. The number of rotatable bonds is 7. The molecule has 2 heterocycles. The zero-order valence-corrected chi connectivity index (χ0v) is 17.4.